The first kappa shape index (κ1) is 19.8. The van der Waals surface area contributed by atoms with Crippen molar-refractivity contribution >= 4 is 80.2 Å². The van der Waals surface area contributed by atoms with Gasteiger partial charge in [0, 0.05) is 20.6 Å². The summed E-state index contributed by atoms with van der Waals surface area (Å²) < 4.78 is 0. The van der Waals surface area contributed by atoms with Gasteiger partial charge in [0.1, 0.15) is 0 Å². The van der Waals surface area contributed by atoms with Gasteiger partial charge in [-0.15, -0.1) is 0 Å². The van der Waals surface area contributed by atoms with E-state index in [1.54, 1.807) is 0 Å². The van der Waals surface area contributed by atoms with Crippen LogP contribution in [0.4, 0.5) is 0 Å². The first-order valence-electron chi connectivity index (χ1n) is 6.34. The van der Waals surface area contributed by atoms with Gasteiger partial charge in [-0.25, -0.2) is 0 Å². The van der Waals surface area contributed by atoms with Crippen LogP contribution >= 0.6 is 75.4 Å². The fourth-order valence-corrected chi connectivity index (χ4v) is 3.54. The number of thiocarbonyl (C=S) groups is 1. The highest BCUT2D eigenvalue weighted by molar-refractivity contribution is 7.91. The van der Waals surface area contributed by atoms with Gasteiger partial charge in [0.05, 0.1) is 0 Å². The Morgan fingerprint density at radius 3 is 2.00 bits per heavy atom. The quantitative estimate of drug-likeness (QED) is 0.206. The van der Waals surface area contributed by atoms with Crippen LogP contribution in [-0.4, -0.2) is 32.1 Å². The van der Waals surface area contributed by atoms with Gasteiger partial charge < -0.3 is 0 Å². The molecular formula is C12H24S6. The average Bonchev–Trinajstić information content (AvgIpc) is 2.38. The number of rotatable bonds is 11. The van der Waals surface area contributed by atoms with Crippen LogP contribution in [-0.2, 0) is 0 Å². The molecule has 0 spiro atoms. The van der Waals surface area contributed by atoms with Crippen molar-refractivity contribution in [1.82, 2.24) is 0 Å². The van der Waals surface area contributed by atoms with E-state index in [0.29, 0.717) is 0 Å². The van der Waals surface area contributed by atoms with Crippen molar-refractivity contribution in [3.63, 3.8) is 0 Å². The van der Waals surface area contributed by atoms with Crippen molar-refractivity contribution in [1.29, 1.82) is 0 Å². The highest BCUT2D eigenvalue weighted by atomic mass is 32.1. The van der Waals surface area contributed by atoms with Crippen LogP contribution in [0.3, 0.4) is 0 Å². The number of thiol groups is 5. The molecule has 0 aromatic carbocycles. The molecule has 0 amide bonds. The monoisotopic (exact) mass is 360 g/mol. The van der Waals surface area contributed by atoms with Crippen LogP contribution in [0.5, 0.6) is 0 Å². The molecule has 0 radical (unpaired) electrons. The molecule has 18 heavy (non-hydrogen) atoms. The van der Waals surface area contributed by atoms with Crippen molar-refractivity contribution in [3.05, 3.63) is 0 Å². The minimum Gasteiger partial charge on any atom is -0.179 e. The normalized spacial score (nSPS) is 16.3. The standard InChI is InChI=1S/C12H24S6/c13-7-3-1-2-5-9(15)11(17)12(18)10(16)6-4-8-14/h9-10,12-16,18H,1-8H2. The predicted molar refractivity (Wildman–Crippen MR) is 106 cm³/mol. The van der Waals surface area contributed by atoms with E-state index in [-0.39, 0.29) is 15.7 Å². The fourth-order valence-electron chi connectivity index (χ4n) is 1.61. The molecule has 108 valence electrons. The molecule has 0 N–H and O–H groups in total. The molecule has 0 saturated heterocycles. The van der Waals surface area contributed by atoms with E-state index in [4.69, 9.17) is 12.2 Å². The Labute approximate surface area is 145 Å². The second-order valence-corrected chi connectivity index (χ2v) is 7.58. The van der Waals surface area contributed by atoms with Crippen molar-refractivity contribution in [2.45, 2.75) is 54.3 Å². The van der Waals surface area contributed by atoms with Gasteiger partial charge >= 0.3 is 0 Å². The first-order chi connectivity index (χ1) is 8.54. The maximum atomic E-state index is 5.47. The summed E-state index contributed by atoms with van der Waals surface area (Å²) in [6, 6.07) is 0. The molecule has 0 bridgehead atoms. The zero-order valence-electron chi connectivity index (χ0n) is 10.5. The van der Waals surface area contributed by atoms with E-state index >= 15 is 0 Å². The first-order valence-corrected chi connectivity index (χ1v) is 9.56. The van der Waals surface area contributed by atoms with E-state index in [2.05, 4.69) is 63.1 Å². The van der Waals surface area contributed by atoms with Crippen LogP contribution in [0, 0.1) is 0 Å². The lowest BCUT2D eigenvalue weighted by Gasteiger charge is -2.23. The molecule has 0 fully saturated rings. The maximum absolute atomic E-state index is 5.47. The Kier molecular flexibility index (Phi) is 13.9. The van der Waals surface area contributed by atoms with Crippen LogP contribution in [0.25, 0.3) is 0 Å². The lowest BCUT2D eigenvalue weighted by Crippen LogP contribution is -2.30. The lowest BCUT2D eigenvalue weighted by atomic mass is 10.0. The van der Waals surface area contributed by atoms with Crippen molar-refractivity contribution in [2.24, 2.45) is 0 Å². The SMILES string of the molecule is S=C(C(S)CCCCCS)C(S)C(S)CCCS. The van der Waals surface area contributed by atoms with Gasteiger partial charge in [0.2, 0.25) is 0 Å². The van der Waals surface area contributed by atoms with Crippen molar-refractivity contribution in [3.8, 4) is 0 Å². The average molecular weight is 361 g/mol. The van der Waals surface area contributed by atoms with Gasteiger partial charge in [0.25, 0.3) is 0 Å². The number of hydrogen-bond acceptors (Lipinski definition) is 6. The van der Waals surface area contributed by atoms with Crippen LogP contribution < -0.4 is 0 Å². The predicted octanol–water partition coefficient (Wildman–Crippen LogP) is 4.45. The van der Waals surface area contributed by atoms with Crippen molar-refractivity contribution < 1.29 is 0 Å². The van der Waals surface area contributed by atoms with Gasteiger partial charge in [-0.05, 0) is 37.2 Å². The third kappa shape index (κ3) is 8.90. The van der Waals surface area contributed by atoms with Gasteiger partial charge in [0.15, 0.2) is 0 Å². The second kappa shape index (κ2) is 12.6. The topological polar surface area (TPSA) is 0 Å². The molecule has 0 heterocycles. The van der Waals surface area contributed by atoms with Crippen LogP contribution in [0.15, 0.2) is 0 Å². The van der Waals surface area contributed by atoms with E-state index in [9.17, 15) is 0 Å². The maximum Gasteiger partial charge on any atom is 0.0458 e. The molecule has 0 rings (SSSR count). The van der Waals surface area contributed by atoms with Gasteiger partial charge in [-0.2, -0.15) is 63.1 Å². The van der Waals surface area contributed by atoms with E-state index in [1.807, 2.05) is 0 Å². The molecule has 0 aliphatic rings. The smallest absolute Gasteiger partial charge is 0.0458 e. The summed E-state index contributed by atoms with van der Waals surface area (Å²) >= 11 is 27.6. The molecule has 0 aliphatic heterocycles. The third-order valence-corrected chi connectivity index (χ3v) is 6.26. The molecular weight excluding hydrogens is 337 g/mol. The molecule has 3 unspecified atom stereocenters. The zero-order valence-corrected chi connectivity index (χ0v) is 15.8. The second-order valence-electron chi connectivity index (χ2n) is 4.37. The molecule has 0 saturated carbocycles. The summed E-state index contributed by atoms with van der Waals surface area (Å²) in [6.07, 6.45) is 6.60. The number of unbranched alkanes of at least 4 members (excludes halogenated alkanes) is 2. The van der Waals surface area contributed by atoms with Gasteiger partial charge in [-0.3, -0.25) is 0 Å². The summed E-state index contributed by atoms with van der Waals surface area (Å²) in [6.45, 7) is 0. The highest BCUT2D eigenvalue weighted by Crippen LogP contribution is 2.22. The van der Waals surface area contributed by atoms with E-state index in [0.717, 1.165) is 48.5 Å². The van der Waals surface area contributed by atoms with Gasteiger partial charge in [-0.1, -0.05) is 25.1 Å². The number of hydrogen-bond donors (Lipinski definition) is 5. The van der Waals surface area contributed by atoms with E-state index < -0.39 is 0 Å². The molecule has 0 aromatic rings. The third-order valence-electron chi connectivity index (χ3n) is 2.78. The highest BCUT2D eigenvalue weighted by Gasteiger charge is 2.22. The van der Waals surface area contributed by atoms with Crippen LogP contribution in [0.2, 0.25) is 0 Å². The molecule has 0 aliphatic carbocycles. The Balaban J connectivity index is 3.95. The summed E-state index contributed by atoms with van der Waals surface area (Å²) in [5.74, 6) is 1.84. The van der Waals surface area contributed by atoms with Crippen molar-refractivity contribution in [2.75, 3.05) is 11.5 Å². The molecule has 3 atom stereocenters. The molecule has 0 nitrogen and oxygen atoms in total. The van der Waals surface area contributed by atoms with E-state index in [1.165, 1.54) is 6.42 Å². The Morgan fingerprint density at radius 2 is 1.44 bits per heavy atom. The summed E-state index contributed by atoms with van der Waals surface area (Å²) in [5, 5.41) is 0.420. The Morgan fingerprint density at radius 1 is 0.833 bits per heavy atom. The minimum absolute atomic E-state index is 0.0515. The largest absolute Gasteiger partial charge is 0.179 e. The molecule has 6 heteroatoms. The molecule has 0 aromatic heterocycles. The van der Waals surface area contributed by atoms with Crippen LogP contribution in [0.1, 0.15) is 38.5 Å². The summed E-state index contributed by atoms with van der Waals surface area (Å²) in [4.78, 5) is 0.937. The zero-order chi connectivity index (χ0) is 14.0. The Bertz CT molecular complexity index is 221. The summed E-state index contributed by atoms with van der Waals surface area (Å²) in [7, 11) is 0. The minimum atomic E-state index is 0.0515. The lowest BCUT2D eigenvalue weighted by molar-refractivity contribution is 0.691. The fraction of sp³-hybridized carbons (Fsp3) is 0.917. The summed E-state index contributed by atoms with van der Waals surface area (Å²) in [5.41, 5.74) is 0. The Hall–Kier alpha value is 1.84.